The first-order valence-corrected chi connectivity index (χ1v) is 7.65. The molecule has 2 amide bonds. The summed E-state index contributed by atoms with van der Waals surface area (Å²) >= 11 is 0. The van der Waals surface area contributed by atoms with Crippen LogP contribution in [0, 0.1) is 0 Å². The van der Waals surface area contributed by atoms with Crippen LogP contribution in [0.5, 0.6) is 0 Å². The van der Waals surface area contributed by atoms with Gasteiger partial charge in [0.05, 0.1) is 36.8 Å². The summed E-state index contributed by atoms with van der Waals surface area (Å²) in [6, 6.07) is 1.90. The summed E-state index contributed by atoms with van der Waals surface area (Å²) in [5.41, 5.74) is 7.60. The van der Waals surface area contributed by atoms with Crippen molar-refractivity contribution in [3.8, 4) is 0 Å². The molecule has 2 unspecified atom stereocenters. The third-order valence-corrected chi connectivity index (χ3v) is 4.17. The molecule has 1 aliphatic rings. The van der Waals surface area contributed by atoms with Crippen molar-refractivity contribution in [2.45, 2.75) is 24.8 Å². The third-order valence-electron chi connectivity index (χ3n) is 4.17. The van der Waals surface area contributed by atoms with Gasteiger partial charge in [-0.1, -0.05) is 6.07 Å². The second kappa shape index (κ2) is 6.52. The summed E-state index contributed by atoms with van der Waals surface area (Å²) in [5.74, 6) is 0.603. The maximum absolute atomic E-state index is 12.9. The number of hydrogen-bond acceptors (Lipinski definition) is 4. The first-order chi connectivity index (χ1) is 11.8. The number of fused-ring (bicyclic) bond motifs is 1. The summed E-state index contributed by atoms with van der Waals surface area (Å²) in [5, 5.41) is 1.97. The Hall–Kier alpha value is -2.33. The first kappa shape index (κ1) is 17.5. The molecule has 7 nitrogen and oxygen atoms in total. The van der Waals surface area contributed by atoms with Gasteiger partial charge in [-0.2, -0.15) is 13.2 Å². The Labute approximate surface area is 141 Å². The molecule has 1 saturated heterocycles. The monoisotopic (exact) mass is 357 g/mol. The van der Waals surface area contributed by atoms with Gasteiger partial charge in [-0.15, -0.1) is 0 Å². The highest BCUT2D eigenvalue weighted by Crippen LogP contribution is 2.31. The number of nitrogens with zero attached hydrogens (tertiary/aromatic N) is 2. The molecule has 2 heterocycles. The quantitative estimate of drug-likeness (QED) is 0.758. The number of carbonyl (C=O) groups is 1. The fourth-order valence-electron chi connectivity index (χ4n) is 2.92. The summed E-state index contributed by atoms with van der Waals surface area (Å²) in [6.45, 7) is -0.153. The van der Waals surface area contributed by atoms with Gasteiger partial charge >= 0.3 is 12.2 Å². The lowest BCUT2D eigenvalue weighted by molar-refractivity contribution is -0.150. The number of imidazole rings is 1. The van der Waals surface area contributed by atoms with Gasteiger partial charge in [-0.3, -0.25) is 0 Å². The van der Waals surface area contributed by atoms with Crippen molar-refractivity contribution in [3.63, 3.8) is 0 Å². The van der Waals surface area contributed by atoms with Crippen LogP contribution in [-0.2, 0) is 11.3 Å². The predicted octanol–water partition coefficient (Wildman–Crippen LogP) is 1.67. The summed E-state index contributed by atoms with van der Waals surface area (Å²) in [6.07, 6.45) is -4.49. The first-order valence-electron chi connectivity index (χ1n) is 7.65. The Morgan fingerprint density at radius 2 is 2.24 bits per heavy atom. The number of aromatic amines is 1. The molecule has 1 aromatic carbocycles. The fourth-order valence-corrected chi connectivity index (χ4v) is 2.92. The van der Waals surface area contributed by atoms with E-state index in [9.17, 15) is 18.0 Å². The third kappa shape index (κ3) is 3.40. The standard InChI is InChI=1S/C15H18F3N5O2/c1-25-7-11(23-6-12(15(16,17)18)22-14(23)24)8-2-3-9-10(4-8)21-13(5-19)20-9/h2-4,11-12H,5-7,19H2,1H3,(H,20,21)(H,22,24). The average Bonchev–Trinajstić information content (AvgIpc) is 3.14. The van der Waals surface area contributed by atoms with E-state index in [1.807, 2.05) is 5.32 Å². The van der Waals surface area contributed by atoms with Gasteiger partial charge in [0.15, 0.2) is 0 Å². The van der Waals surface area contributed by atoms with Crippen molar-refractivity contribution in [2.75, 3.05) is 20.3 Å². The molecule has 1 aromatic heterocycles. The molecule has 10 heteroatoms. The van der Waals surface area contributed by atoms with Crippen LogP contribution in [-0.4, -0.2) is 53.4 Å². The Kier molecular flexibility index (Phi) is 4.56. The summed E-state index contributed by atoms with van der Waals surface area (Å²) in [4.78, 5) is 20.5. The number of H-pyrrole nitrogens is 1. The van der Waals surface area contributed by atoms with Crippen molar-refractivity contribution < 1.29 is 22.7 Å². The summed E-state index contributed by atoms with van der Waals surface area (Å²) in [7, 11) is 1.43. The topological polar surface area (TPSA) is 96.3 Å². The number of hydrogen-bond donors (Lipinski definition) is 3. The zero-order valence-corrected chi connectivity index (χ0v) is 13.4. The number of alkyl halides is 3. The Morgan fingerprint density at radius 1 is 1.48 bits per heavy atom. The number of benzene rings is 1. The van der Waals surface area contributed by atoms with Gasteiger partial charge in [-0.05, 0) is 17.7 Å². The average molecular weight is 357 g/mol. The number of halogens is 3. The molecule has 0 aliphatic carbocycles. The SMILES string of the molecule is COCC(c1ccc2nc(CN)[nH]c2c1)N1CC(C(F)(F)F)NC1=O. The molecule has 1 fully saturated rings. The number of urea groups is 1. The van der Waals surface area contributed by atoms with E-state index in [-0.39, 0.29) is 13.2 Å². The van der Waals surface area contributed by atoms with Crippen molar-refractivity contribution in [1.82, 2.24) is 20.2 Å². The number of nitrogens with one attached hydrogen (secondary N) is 2. The van der Waals surface area contributed by atoms with Gasteiger partial charge in [-0.25, -0.2) is 9.78 Å². The largest absolute Gasteiger partial charge is 0.410 e. The second-order valence-electron chi connectivity index (χ2n) is 5.83. The number of nitrogens with two attached hydrogens (primary N) is 1. The van der Waals surface area contributed by atoms with E-state index < -0.39 is 30.8 Å². The number of methoxy groups -OCH3 is 1. The van der Waals surface area contributed by atoms with Crippen LogP contribution in [0.2, 0.25) is 0 Å². The molecule has 0 radical (unpaired) electrons. The number of ether oxygens (including phenoxy) is 1. The minimum atomic E-state index is -4.49. The predicted molar refractivity (Wildman–Crippen MR) is 83.7 cm³/mol. The lowest BCUT2D eigenvalue weighted by Gasteiger charge is -2.27. The highest BCUT2D eigenvalue weighted by atomic mass is 19.4. The van der Waals surface area contributed by atoms with Crippen LogP contribution < -0.4 is 11.1 Å². The number of aromatic nitrogens is 2. The normalized spacial score (nSPS) is 19.5. The van der Waals surface area contributed by atoms with E-state index in [1.165, 1.54) is 7.11 Å². The fraction of sp³-hybridized carbons (Fsp3) is 0.467. The Morgan fingerprint density at radius 3 is 2.84 bits per heavy atom. The van der Waals surface area contributed by atoms with Crippen LogP contribution >= 0.6 is 0 Å². The second-order valence-corrected chi connectivity index (χ2v) is 5.83. The number of amides is 2. The van der Waals surface area contributed by atoms with Crippen molar-refractivity contribution in [3.05, 3.63) is 29.6 Å². The Balaban J connectivity index is 1.92. The van der Waals surface area contributed by atoms with E-state index >= 15 is 0 Å². The van der Waals surface area contributed by atoms with E-state index in [2.05, 4.69) is 9.97 Å². The van der Waals surface area contributed by atoms with Gasteiger partial charge in [0.1, 0.15) is 11.9 Å². The molecule has 0 bridgehead atoms. The molecule has 0 spiro atoms. The van der Waals surface area contributed by atoms with Gasteiger partial charge < -0.3 is 25.7 Å². The number of carbonyl (C=O) groups excluding carboxylic acids is 1. The molecule has 2 atom stereocenters. The van der Waals surface area contributed by atoms with E-state index in [1.54, 1.807) is 18.2 Å². The minimum absolute atomic E-state index is 0.0708. The van der Waals surface area contributed by atoms with Crippen LogP contribution in [0.3, 0.4) is 0 Å². The molecular weight excluding hydrogens is 339 g/mol. The molecule has 0 saturated carbocycles. The molecular formula is C15H18F3N5O2. The maximum atomic E-state index is 12.9. The van der Waals surface area contributed by atoms with Crippen LogP contribution in [0.1, 0.15) is 17.4 Å². The summed E-state index contributed by atoms with van der Waals surface area (Å²) < 4.78 is 43.9. The molecule has 2 aromatic rings. The lowest BCUT2D eigenvalue weighted by Crippen LogP contribution is -2.40. The Bertz CT molecular complexity index is 776. The van der Waals surface area contributed by atoms with Crippen LogP contribution in [0.15, 0.2) is 18.2 Å². The maximum Gasteiger partial charge on any atom is 0.410 e. The number of rotatable bonds is 5. The van der Waals surface area contributed by atoms with Gasteiger partial charge in [0.25, 0.3) is 0 Å². The van der Waals surface area contributed by atoms with Crippen LogP contribution in [0.4, 0.5) is 18.0 Å². The highest BCUT2D eigenvalue weighted by Gasteiger charge is 2.48. The lowest BCUT2D eigenvalue weighted by atomic mass is 10.1. The van der Waals surface area contributed by atoms with Gasteiger partial charge in [0, 0.05) is 7.11 Å². The molecule has 136 valence electrons. The molecule has 25 heavy (non-hydrogen) atoms. The van der Waals surface area contributed by atoms with Crippen molar-refractivity contribution in [2.24, 2.45) is 5.73 Å². The molecule has 3 rings (SSSR count). The van der Waals surface area contributed by atoms with Crippen LogP contribution in [0.25, 0.3) is 11.0 Å². The zero-order chi connectivity index (χ0) is 18.2. The van der Waals surface area contributed by atoms with E-state index in [0.29, 0.717) is 22.4 Å². The molecule has 4 N–H and O–H groups in total. The van der Waals surface area contributed by atoms with Crippen molar-refractivity contribution >= 4 is 17.1 Å². The van der Waals surface area contributed by atoms with Crippen molar-refractivity contribution in [1.29, 1.82) is 0 Å². The smallest absolute Gasteiger partial charge is 0.382 e. The van der Waals surface area contributed by atoms with Gasteiger partial charge in [0.2, 0.25) is 0 Å². The minimum Gasteiger partial charge on any atom is -0.382 e. The van der Waals surface area contributed by atoms with E-state index in [0.717, 1.165) is 4.90 Å². The zero-order valence-electron chi connectivity index (χ0n) is 13.4. The molecule has 1 aliphatic heterocycles. The highest BCUT2D eigenvalue weighted by molar-refractivity contribution is 5.79. The van der Waals surface area contributed by atoms with E-state index in [4.69, 9.17) is 10.5 Å².